The summed E-state index contributed by atoms with van der Waals surface area (Å²) in [6, 6.07) is 6.50. The van der Waals surface area contributed by atoms with Crippen LogP contribution in [0.5, 0.6) is 5.75 Å². The Hall–Kier alpha value is -1.06. The second-order valence-electron chi connectivity index (χ2n) is 5.24. The molecule has 0 saturated heterocycles. The Bertz CT molecular complexity index is 364. The molecule has 0 spiro atoms. The van der Waals surface area contributed by atoms with Crippen molar-refractivity contribution in [3.8, 4) is 5.75 Å². The molecule has 0 saturated carbocycles. The Morgan fingerprint density at radius 2 is 1.95 bits per heavy atom. The lowest BCUT2D eigenvalue weighted by atomic mass is 10.0. The highest BCUT2D eigenvalue weighted by atomic mass is 16.5. The van der Waals surface area contributed by atoms with Gasteiger partial charge in [-0.2, -0.15) is 0 Å². The first-order valence-electron chi connectivity index (χ1n) is 7.19. The van der Waals surface area contributed by atoms with Crippen LogP contribution >= 0.6 is 0 Å². The van der Waals surface area contributed by atoms with E-state index in [2.05, 4.69) is 44.3 Å². The summed E-state index contributed by atoms with van der Waals surface area (Å²) in [5, 5.41) is 2.28. The number of hydrogen-bond acceptors (Lipinski definition) is 2. The van der Waals surface area contributed by atoms with Gasteiger partial charge in [0.25, 0.3) is 0 Å². The number of ether oxygens (including phenoxy) is 2. The fourth-order valence-corrected chi connectivity index (χ4v) is 1.90. The minimum atomic E-state index is 0.545. The van der Waals surface area contributed by atoms with Gasteiger partial charge in [0.1, 0.15) is 18.9 Å². The second kappa shape index (κ2) is 8.94. The van der Waals surface area contributed by atoms with Crippen LogP contribution in [0.1, 0.15) is 37.3 Å². The minimum absolute atomic E-state index is 0.545. The smallest absolute Gasteiger partial charge is 0.137 e. The average molecular weight is 266 g/mol. The fourth-order valence-electron chi connectivity index (χ4n) is 1.90. The van der Waals surface area contributed by atoms with Gasteiger partial charge in [-0.05, 0) is 30.0 Å². The normalized spacial score (nSPS) is 11.0. The van der Waals surface area contributed by atoms with Crippen LogP contribution in [0.25, 0.3) is 0 Å². The molecule has 0 atom stereocenters. The molecule has 1 aromatic rings. The molecule has 0 amide bonds. The molecule has 0 fully saturated rings. The van der Waals surface area contributed by atoms with Crippen LogP contribution < -0.4 is 10.1 Å². The molecule has 19 heavy (non-hydrogen) atoms. The van der Waals surface area contributed by atoms with Gasteiger partial charge in [0, 0.05) is 13.5 Å². The van der Waals surface area contributed by atoms with Gasteiger partial charge in [0.15, 0.2) is 0 Å². The summed E-state index contributed by atoms with van der Waals surface area (Å²) < 4.78 is 10.9. The molecular weight excluding hydrogens is 238 g/mol. The maximum atomic E-state index is 5.87. The second-order valence-corrected chi connectivity index (χ2v) is 5.24. The lowest BCUT2D eigenvalue weighted by molar-refractivity contribution is -0.655. The number of hydrogen-bond donors (Lipinski definition) is 1. The molecule has 3 heteroatoms. The Morgan fingerprint density at radius 1 is 1.16 bits per heavy atom. The summed E-state index contributed by atoms with van der Waals surface area (Å²) in [6.07, 6.45) is 1.10. The number of benzene rings is 1. The molecule has 0 aliphatic heterocycles. The van der Waals surface area contributed by atoms with Gasteiger partial charge in [-0.15, -0.1) is 0 Å². The van der Waals surface area contributed by atoms with Crippen molar-refractivity contribution < 1.29 is 14.8 Å². The quantitative estimate of drug-likeness (QED) is 0.695. The van der Waals surface area contributed by atoms with E-state index in [1.807, 2.05) is 0 Å². The Labute approximate surface area is 117 Å². The third-order valence-electron chi connectivity index (χ3n) is 3.22. The number of aryl methyl sites for hydroxylation is 1. The number of rotatable bonds is 9. The number of nitrogens with two attached hydrogens (primary N) is 1. The van der Waals surface area contributed by atoms with Crippen molar-refractivity contribution in [3.05, 3.63) is 29.3 Å². The Morgan fingerprint density at radius 3 is 2.63 bits per heavy atom. The molecule has 3 nitrogen and oxygen atoms in total. The molecule has 0 aromatic heterocycles. The van der Waals surface area contributed by atoms with E-state index >= 15 is 0 Å². The molecule has 0 aliphatic rings. The van der Waals surface area contributed by atoms with E-state index in [1.165, 1.54) is 11.1 Å². The van der Waals surface area contributed by atoms with E-state index < -0.39 is 0 Å². The van der Waals surface area contributed by atoms with Crippen molar-refractivity contribution >= 4 is 0 Å². The third-order valence-corrected chi connectivity index (χ3v) is 3.22. The van der Waals surface area contributed by atoms with E-state index in [1.54, 1.807) is 7.11 Å². The van der Waals surface area contributed by atoms with E-state index in [9.17, 15) is 0 Å². The SMILES string of the molecule is COCCC[NH2+]CCOc1cc(C(C)C)ccc1C. The zero-order chi connectivity index (χ0) is 14.1. The molecule has 0 radical (unpaired) electrons. The van der Waals surface area contributed by atoms with Crippen LogP contribution in [0, 0.1) is 6.92 Å². The molecule has 0 unspecified atom stereocenters. The summed E-state index contributed by atoms with van der Waals surface area (Å²) in [5.41, 5.74) is 2.55. The highest BCUT2D eigenvalue weighted by Gasteiger charge is 2.04. The van der Waals surface area contributed by atoms with E-state index in [-0.39, 0.29) is 0 Å². The van der Waals surface area contributed by atoms with Gasteiger partial charge in [-0.25, -0.2) is 0 Å². The van der Waals surface area contributed by atoms with E-state index in [4.69, 9.17) is 9.47 Å². The molecule has 0 heterocycles. The topological polar surface area (TPSA) is 35.1 Å². The van der Waals surface area contributed by atoms with Crippen LogP contribution in [0.4, 0.5) is 0 Å². The summed E-state index contributed by atoms with van der Waals surface area (Å²) >= 11 is 0. The maximum Gasteiger partial charge on any atom is 0.137 e. The van der Waals surface area contributed by atoms with Crippen LogP contribution in [0.15, 0.2) is 18.2 Å². The lowest BCUT2D eigenvalue weighted by Crippen LogP contribution is -2.85. The molecule has 108 valence electrons. The highest BCUT2D eigenvalue weighted by Crippen LogP contribution is 2.23. The first-order valence-corrected chi connectivity index (χ1v) is 7.19. The van der Waals surface area contributed by atoms with Gasteiger partial charge in [0.05, 0.1) is 13.2 Å². The van der Waals surface area contributed by atoms with Gasteiger partial charge < -0.3 is 14.8 Å². The highest BCUT2D eigenvalue weighted by molar-refractivity contribution is 5.37. The zero-order valence-corrected chi connectivity index (χ0v) is 12.7. The van der Waals surface area contributed by atoms with Crippen LogP contribution in [-0.2, 0) is 4.74 Å². The predicted molar refractivity (Wildman–Crippen MR) is 78.9 cm³/mol. The van der Waals surface area contributed by atoms with Crippen molar-refractivity contribution in [2.45, 2.75) is 33.1 Å². The summed E-state index contributed by atoms with van der Waals surface area (Å²) in [5.74, 6) is 1.57. The molecule has 0 aliphatic carbocycles. The standard InChI is InChI=1S/C16H27NO2/c1-13(2)15-7-6-14(3)16(12-15)19-11-9-17-8-5-10-18-4/h6-7,12-13,17H,5,8-11H2,1-4H3/p+1. The van der Waals surface area contributed by atoms with Crippen molar-refractivity contribution in [3.63, 3.8) is 0 Å². The van der Waals surface area contributed by atoms with Crippen molar-refractivity contribution in [1.29, 1.82) is 0 Å². The maximum absolute atomic E-state index is 5.87. The van der Waals surface area contributed by atoms with E-state index in [0.29, 0.717) is 5.92 Å². The van der Waals surface area contributed by atoms with Crippen LogP contribution in [-0.4, -0.2) is 33.4 Å². The summed E-state index contributed by atoms with van der Waals surface area (Å²) in [6.45, 7) is 10.2. The summed E-state index contributed by atoms with van der Waals surface area (Å²) in [4.78, 5) is 0. The van der Waals surface area contributed by atoms with Crippen LogP contribution in [0.2, 0.25) is 0 Å². The van der Waals surface area contributed by atoms with Crippen molar-refractivity contribution in [2.24, 2.45) is 0 Å². The fraction of sp³-hybridized carbons (Fsp3) is 0.625. The molecule has 0 bridgehead atoms. The molecular formula is C16H28NO2+. The lowest BCUT2D eigenvalue weighted by Gasteiger charge is -2.12. The molecule has 1 aromatic carbocycles. The van der Waals surface area contributed by atoms with E-state index in [0.717, 1.165) is 38.5 Å². The third kappa shape index (κ3) is 6.08. The van der Waals surface area contributed by atoms with Gasteiger partial charge in [-0.1, -0.05) is 26.0 Å². The first kappa shape index (κ1) is 16.0. The van der Waals surface area contributed by atoms with Crippen molar-refractivity contribution in [2.75, 3.05) is 33.4 Å². The van der Waals surface area contributed by atoms with Gasteiger partial charge in [0.2, 0.25) is 0 Å². The Kier molecular flexibility index (Phi) is 7.53. The number of methoxy groups -OCH3 is 1. The van der Waals surface area contributed by atoms with Gasteiger partial charge >= 0.3 is 0 Å². The number of quaternary nitrogens is 1. The average Bonchev–Trinajstić information content (AvgIpc) is 2.39. The Balaban J connectivity index is 2.30. The molecule has 2 N–H and O–H groups in total. The first-order chi connectivity index (χ1) is 9.15. The minimum Gasteiger partial charge on any atom is -0.487 e. The van der Waals surface area contributed by atoms with Crippen LogP contribution in [0.3, 0.4) is 0 Å². The van der Waals surface area contributed by atoms with Crippen molar-refractivity contribution in [1.82, 2.24) is 0 Å². The van der Waals surface area contributed by atoms with Gasteiger partial charge in [-0.3, -0.25) is 0 Å². The monoisotopic (exact) mass is 266 g/mol. The molecule has 1 rings (SSSR count). The summed E-state index contributed by atoms with van der Waals surface area (Å²) in [7, 11) is 1.74. The zero-order valence-electron chi connectivity index (χ0n) is 12.7. The largest absolute Gasteiger partial charge is 0.487 e. The predicted octanol–water partition coefficient (Wildman–Crippen LogP) is 2.10.